The van der Waals surface area contributed by atoms with Gasteiger partial charge < -0.3 is 10.6 Å². The van der Waals surface area contributed by atoms with E-state index in [0.29, 0.717) is 5.69 Å². The summed E-state index contributed by atoms with van der Waals surface area (Å²) in [6.07, 6.45) is 3.54. The van der Waals surface area contributed by atoms with Crippen molar-refractivity contribution in [2.75, 3.05) is 37.8 Å². The third kappa shape index (κ3) is 3.49. The fourth-order valence-electron chi connectivity index (χ4n) is 2.70. The van der Waals surface area contributed by atoms with Gasteiger partial charge in [-0.05, 0) is 43.4 Å². The van der Waals surface area contributed by atoms with Crippen LogP contribution in [0.15, 0.2) is 23.1 Å². The van der Waals surface area contributed by atoms with E-state index in [-0.39, 0.29) is 4.90 Å². The predicted molar refractivity (Wildman–Crippen MR) is 87.0 cm³/mol. The van der Waals surface area contributed by atoms with E-state index in [1.54, 1.807) is 12.1 Å². The van der Waals surface area contributed by atoms with Crippen LogP contribution in [-0.4, -0.2) is 39.9 Å². The first kappa shape index (κ1) is 16.1. The van der Waals surface area contributed by atoms with Gasteiger partial charge in [-0.25, -0.2) is 12.7 Å². The highest BCUT2D eigenvalue weighted by atomic mass is 32.2. The molecule has 1 fully saturated rings. The molecule has 1 aromatic carbocycles. The Balaban J connectivity index is 2.27. The lowest BCUT2D eigenvalue weighted by atomic mass is 10.0. The van der Waals surface area contributed by atoms with Gasteiger partial charge >= 0.3 is 0 Å². The topological polar surface area (TPSA) is 66.6 Å². The summed E-state index contributed by atoms with van der Waals surface area (Å²) in [4.78, 5) is 2.52. The monoisotopic (exact) mass is 311 g/mol. The highest BCUT2D eigenvalue weighted by molar-refractivity contribution is 7.89. The van der Waals surface area contributed by atoms with Gasteiger partial charge in [-0.15, -0.1) is 0 Å². The summed E-state index contributed by atoms with van der Waals surface area (Å²) in [7, 11) is -0.381. The summed E-state index contributed by atoms with van der Waals surface area (Å²) < 4.78 is 25.5. The molecule has 0 amide bonds. The summed E-state index contributed by atoms with van der Waals surface area (Å²) in [5.74, 6) is 0.740. The molecule has 0 aromatic heterocycles. The molecule has 0 saturated carbocycles. The van der Waals surface area contributed by atoms with Gasteiger partial charge in [0.05, 0.1) is 16.3 Å². The lowest BCUT2D eigenvalue weighted by Crippen LogP contribution is -2.26. The molecule has 0 radical (unpaired) electrons. The van der Waals surface area contributed by atoms with Crippen LogP contribution in [0.25, 0.3) is 0 Å². The summed E-state index contributed by atoms with van der Waals surface area (Å²) in [6, 6.07) is 5.05. The van der Waals surface area contributed by atoms with Gasteiger partial charge in [0.1, 0.15) is 0 Å². The molecule has 118 valence electrons. The molecule has 21 heavy (non-hydrogen) atoms. The molecule has 5 nitrogen and oxygen atoms in total. The fourth-order valence-corrected chi connectivity index (χ4v) is 3.63. The van der Waals surface area contributed by atoms with E-state index in [4.69, 9.17) is 5.73 Å². The second-order valence-electron chi connectivity index (χ2n) is 6.03. The van der Waals surface area contributed by atoms with Gasteiger partial charge in [-0.2, -0.15) is 0 Å². The Labute approximate surface area is 127 Å². The number of nitrogens with zero attached hydrogens (tertiary/aromatic N) is 2. The maximum Gasteiger partial charge on any atom is 0.242 e. The number of anilines is 2. The van der Waals surface area contributed by atoms with E-state index >= 15 is 0 Å². The lowest BCUT2D eigenvalue weighted by molar-refractivity contribution is 0.520. The van der Waals surface area contributed by atoms with Crippen molar-refractivity contribution < 1.29 is 8.42 Å². The Hall–Kier alpha value is -1.27. The Morgan fingerprint density at radius 3 is 2.57 bits per heavy atom. The van der Waals surface area contributed by atoms with Gasteiger partial charge in [0, 0.05) is 27.2 Å². The molecule has 0 bridgehead atoms. The third-order valence-corrected chi connectivity index (χ3v) is 5.95. The van der Waals surface area contributed by atoms with Crippen LogP contribution in [0.4, 0.5) is 11.4 Å². The second-order valence-corrected chi connectivity index (χ2v) is 8.18. The van der Waals surface area contributed by atoms with Gasteiger partial charge in [0.2, 0.25) is 10.0 Å². The molecular weight excluding hydrogens is 286 g/mol. The van der Waals surface area contributed by atoms with Crippen LogP contribution in [-0.2, 0) is 10.0 Å². The molecule has 2 rings (SSSR count). The maximum atomic E-state index is 12.1. The number of nitrogens with two attached hydrogens (primary N) is 1. The molecule has 1 aliphatic heterocycles. The van der Waals surface area contributed by atoms with Crippen LogP contribution in [0.5, 0.6) is 0 Å². The van der Waals surface area contributed by atoms with Crippen molar-refractivity contribution in [1.29, 1.82) is 0 Å². The minimum Gasteiger partial charge on any atom is -0.397 e. The van der Waals surface area contributed by atoms with Crippen LogP contribution in [0.1, 0.15) is 26.2 Å². The van der Waals surface area contributed by atoms with Crippen LogP contribution in [0.3, 0.4) is 0 Å². The minimum absolute atomic E-state index is 0.247. The van der Waals surface area contributed by atoms with Crippen LogP contribution in [0, 0.1) is 5.92 Å². The van der Waals surface area contributed by atoms with E-state index in [1.807, 2.05) is 6.07 Å². The maximum absolute atomic E-state index is 12.1. The first-order valence-electron chi connectivity index (χ1n) is 7.39. The van der Waals surface area contributed by atoms with Crippen LogP contribution >= 0.6 is 0 Å². The first-order chi connectivity index (χ1) is 9.82. The van der Waals surface area contributed by atoms with E-state index < -0.39 is 10.0 Å². The van der Waals surface area contributed by atoms with Crippen molar-refractivity contribution in [1.82, 2.24) is 4.31 Å². The number of rotatable bonds is 3. The van der Waals surface area contributed by atoms with Crippen LogP contribution < -0.4 is 10.6 Å². The molecule has 0 aliphatic carbocycles. The van der Waals surface area contributed by atoms with Crippen molar-refractivity contribution in [2.45, 2.75) is 31.1 Å². The Morgan fingerprint density at radius 1 is 1.24 bits per heavy atom. The average molecular weight is 311 g/mol. The van der Waals surface area contributed by atoms with Crippen LogP contribution in [0.2, 0.25) is 0 Å². The first-order valence-corrected chi connectivity index (χ1v) is 8.83. The van der Waals surface area contributed by atoms with Crippen molar-refractivity contribution in [2.24, 2.45) is 5.92 Å². The SMILES string of the molecule is CC1CCCN(c2ccc(S(=O)(=O)N(C)C)cc2N)CC1. The molecular formula is C15H25N3O2S. The Bertz CT molecular complexity index is 599. The van der Waals surface area contributed by atoms with E-state index in [9.17, 15) is 8.42 Å². The molecule has 1 atom stereocenters. The fraction of sp³-hybridized carbons (Fsp3) is 0.600. The summed E-state index contributed by atoms with van der Waals surface area (Å²) >= 11 is 0. The highest BCUT2D eigenvalue weighted by Gasteiger charge is 2.20. The number of benzene rings is 1. The normalized spacial score (nSPS) is 20.6. The number of hydrogen-bond donors (Lipinski definition) is 1. The molecule has 6 heteroatoms. The largest absolute Gasteiger partial charge is 0.397 e. The highest BCUT2D eigenvalue weighted by Crippen LogP contribution is 2.30. The van der Waals surface area contributed by atoms with E-state index in [1.165, 1.54) is 24.8 Å². The standard InChI is InChI=1S/C15H25N3O2S/c1-12-5-4-9-18(10-8-12)15-7-6-13(11-14(15)16)21(19,20)17(2)3/h6-7,11-12H,4-5,8-10,16H2,1-3H3. The zero-order valence-electron chi connectivity index (χ0n) is 13.0. The third-order valence-electron chi connectivity index (χ3n) is 4.14. The average Bonchev–Trinajstić information content (AvgIpc) is 2.63. The van der Waals surface area contributed by atoms with Crippen molar-refractivity contribution in [3.05, 3.63) is 18.2 Å². The molecule has 1 aromatic rings. The molecule has 1 aliphatic rings. The predicted octanol–water partition coefficient (Wildman–Crippen LogP) is 2.15. The van der Waals surface area contributed by atoms with E-state index in [0.717, 1.165) is 37.5 Å². The molecule has 2 N–H and O–H groups in total. The van der Waals surface area contributed by atoms with Crippen molar-refractivity contribution in [3.63, 3.8) is 0 Å². The Kier molecular flexibility index (Phi) is 4.78. The van der Waals surface area contributed by atoms with Gasteiger partial charge in [0.25, 0.3) is 0 Å². The lowest BCUT2D eigenvalue weighted by Gasteiger charge is -2.25. The number of sulfonamides is 1. The van der Waals surface area contributed by atoms with E-state index in [2.05, 4.69) is 11.8 Å². The summed E-state index contributed by atoms with van der Waals surface area (Å²) in [6.45, 7) is 4.24. The smallest absolute Gasteiger partial charge is 0.242 e. The quantitative estimate of drug-likeness (QED) is 0.869. The number of hydrogen-bond acceptors (Lipinski definition) is 4. The van der Waals surface area contributed by atoms with Gasteiger partial charge in [-0.1, -0.05) is 6.92 Å². The minimum atomic E-state index is -3.43. The molecule has 1 saturated heterocycles. The summed E-state index contributed by atoms with van der Waals surface area (Å²) in [5, 5.41) is 0. The molecule has 1 unspecified atom stereocenters. The summed E-state index contributed by atoms with van der Waals surface area (Å²) in [5.41, 5.74) is 7.59. The second kappa shape index (κ2) is 6.23. The van der Waals surface area contributed by atoms with Gasteiger partial charge in [0.15, 0.2) is 0 Å². The van der Waals surface area contributed by atoms with Crippen molar-refractivity contribution >= 4 is 21.4 Å². The Morgan fingerprint density at radius 2 is 1.95 bits per heavy atom. The zero-order valence-corrected chi connectivity index (χ0v) is 13.9. The van der Waals surface area contributed by atoms with Gasteiger partial charge in [-0.3, -0.25) is 0 Å². The van der Waals surface area contributed by atoms with Crippen molar-refractivity contribution in [3.8, 4) is 0 Å². The molecule has 0 spiro atoms. The molecule has 1 heterocycles. The number of nitrogen functional groups attached to an aromatic ring is 1. The zero-order chi connectivity index (χ0) is 15.6.